The average Bonchev–Trinajstić information content (AvgIpc) is 3.29. The van der Waals surface area contributed by atoms with Gasteiger partial charge in [0.25, 0.3) is 0 Å². The van der Waals surface area contributed by atoms with Crippen molar-refractivity contribution in [3.05, 3.63) is 106 Å². The third-order valence-electron chi connectivity index (χ3n) is 5.59. The maximum Gasteiger partial charge on any atom is -0.0398 e. The van der Waals surface area contributed by atoms with Crippen molar-refractivity contribution in [1.29, 1.82) is 0 Å². The van der Waals surface area contributed by atoms with E-state index in [4.69, 9.17) is 17.0 Å². The third kappa shape index (κ3) is 9.12. The molecule has 0 heterocycles. The van der Waals surface area contributed by atoms with E-state index in [1.165, 1.54) is 55.6 Å². The second-order valence-electron chi connectivity index (χ2n) is 9.25. The van der Waals surface area contributed by atoms with Gasteiger partial charge in [0.05, 0.1) is 0 Å². The summed E-state index contributed by atoms with van der Waals surface area (Å²) < 4.78 is 0. The van der Waals surface area contributed by atoms with Gasteiger partial charge in [-0.15, -0.1) is 0 Å². The van der Waals surface area contributed by atoms with Crippen LogP contribution in [0.1, 0.15) is 33.4 Å². The Labute approximate surface area is 222 Å². The molecule has 180 valence electrons. The molecule has 0 bridgehead atoms. The maximum atomic E-state index is 5.62. The summed E-state index contributed by atoms with van der Waals surface area (Å²) in [4.78, 5) is 0. The Bertz CT molecular complexity index is 1120. The standard InChI is InChI=1S/2C14H15.C2H6Si.2ClH.Zr/c2*1-10-4-6-13(7-5-10)14-9-11(2)8-12(14)3;1-3-2;;;/h2*4-9H,1-3H3;1-2H3;2*1H;/q2*-1;;;;+2/p-2. The fourth-order valence-electron chi connectivity index (χ4n) is 3.69. The van der Waals surface area contributed by atoms with Crippen LogP contribution in [0.15, 0.2) is 72.8 Å². The van der Waals surface area contributed by atoms with Crippen LogP contribution < -0.4 is 0 Å². The molecule has 0 fully saturated rings. The number of rotatable bonds is 2. The molecule has 0 atom stereocenters. The van der Waals surface area contributed by atoms with Crippen molar-refractivity contribution < 1.29 is 18.0 Å². The minimum atomic E-state index is -1.65. The quantitative estimate of drug-likeness (QED) is 0.162. The predicted molar refractivity (Wildman–Crippen MR) is 153 cm³/mol. The first-order valence-corrected chi connectivity index (χ1v) is 24.1. The van der Waals surface area contributed by atoms with Crippen LogP contribution in [0.3, 0.4) is 0 Å². The summed E-state index contributed by atoms with van der Waals surface area (Å²) in [5.74, 6) is 0. The smallest absolute Gasteiger partial charge is 0.0398 e. The molecule has 0 spiro atoms. The summed E-state index contributed by atoms with van der Waals surface area (Å²) in [6, 6.07) is 26.4. The van der Waals surface area contributed by atoms with Crippen LogP contribution >= 0.6 is 17.0 Å². The minimum Gasteiger partial charge on any atom is -0.203 e. The Morgan fingerprint density at radius 3 is 1.09 bits per heavy atom. The molecule has 0 aliphatic rings. The van der Waals surface area contributed by atoms with Gasteiger partial charge in [-0.05, 0) is 13.8 Å². The van der Waals surface area contributed by atoms with Gasteiger partial charge in [-0.25, -0.2) is 12.1 Å². The van der Waals surface area contributed by atoms with E-state index in [9.17, 15) is 0 Å². The van der Waals surface area contributed by atoms with Crippen molar-refractivity contribution >= 4 is 22.5 Å². The predicted octanol–water partition coefficient (Wildman–Crippen LogP) is 10.2. The van der Waals surface area contributed by atoms with Crippen molar-refractivity contribution in [3.8, 4) is 22.3 Å². The Kier molecular flexibility index (Phi) is 11.8. The van der Waals surface area contributed by atoms with Gasteiger partial charge in [0.2, 0.25) is 0 Å². The Morgan fingerprint density at radius 2 is 0.882 bits per heavy atom. The number of benzene rings is 2. The molecule has 0 aromatic heterocycles. The Hall–Kier alpha value is -1.18. The van der Waals surface area contributed by atoms with E-state index in [1.54, 1.807) is 0 Å². The Balaban J connectivity index is 0.000000196. The molecule has 0 radical (unpaired) electrons. The van der Waals surface area contributed by atoms with Crippen molar-refractivity contribution in [3.63, 3.8) is 0 Å². The molecule has 34 heavy (non-hydrogen) atoms. The average molecular weight is 587 g/mol. The first-order chi connectivity index (χ1) is 16.0. The molecule has 0 amide bonds. The van der Waals surface area contributed by atoms with E-state index in [1.807, 2.05) is 0 Å². The van der Waals surface area contributed by atoms with Crippen molar-refractivity contribution in [2.75, 3.05) is 0 Å². The molecular weight excluding hydrogens is 551 g/mol. The number of hydrogen-bond acceptors (Lipinski definition) is 0. The van der Waals surface area contributed by atoms with E-state index in [2.05, 4.69) is 127 Å². The summed E-state index contributed by atoms with van der Waals surface area (Å²) in [5.41, 5.74) is 13.2. The van der Waals surface area contributed by atoms with Crippen molar-refractivity contribution in [1.82, 2.24) is 0 Å². The number of aryl methyl sites for hydroxylation is 6. The second-order valence-corrected chi connectivity index (χ2v) is 32.2. The van der Waals surface area contributed by atoms with Gasteiger partial charge in [0, 0.05) is 0 Å². The van der Waals surface area contributed by atoms with Crippen LogP contribution in [0.4, 0.5) is 0 Å². The zero-order valence-electron chi connectivity index (χ0n) is 21.7. The van der Waals surface area contributed by atoms with E-state index in [-0.39, 0.29) is 5.43 Å². The molecule has 0 aliphatic carbocycles. The number of hydrogen-bond donors (Lipinski definition) is 0. The van der Waals surface area contributed by atoms with Crippen LogP contribution in [-0.2, 0) is 18.0 Å². The second kappa shape index (κ2) is 13.8. The van der Waals surface area contributed by atoms with Gasteiger partial charge in [-0.1, -0.05) is 98.5 Å². The van der Waals surface area contributed by atoms with E-state index in [0.29, 0.717) is 0 Å². The summed E-state index contributed by atoms with van der Waals surface area (Å²) in [7, 11) is 11.2. The molecule has 0 saturated heterocycles. The zero-order valence-corrected chi connectivity index (χ0v) is 26.7. The van der Waals surface area contributed by atoms with Crippen molar-refractivity contribution in [2.24, 2.45) is 0 Å². The molecule has 4 heteroatoms. The van der Waals surface area contributed by atoms with Crippen LogP contribution in [-0.4, -0.2) is 5.43 Å². The third-order valence-corrected chi connectivity index (χ3v) is 25.3. The summed E-state index contributed by atoms with van der Waals surface area (Å²) in [5, 5.41) is 0. The number of halogens is 2. The van der Waals surface area contributed by atoms with Gasteiger partial charge in [-0.3, -0.25) is 0 Å². The van der Waals surface area contributed by atoms with E-state index in [0.717, 1.165) is 0 Å². The molecule has 0 N–H and O–H groups in total. The minimum absolute atomic E-state index is 0.224. The van der Waals surface area contributed by atoms with Gasteiger partial charge in [0.1, 0.15) is 0 Å². The van der Waals surface area contributed by atoms with Gasteiger partial charge in [-0.2, -0.15) is 45.5 Å². The van der Waals surface area contributed by atoms with Crippen molar-refractivity contribution in [2.45, 2.75) is 54.6 Å². The zero-order chi connectivity index (χ0) is 25.4. The first-order valence-electron chi connectivity index (χ1n) is 11.6. The molecule has 4 aromatic rings. The van der Waals surface area contributed by atoms with Crippen LogP contribution in [0.5, 0.6) is 0 Å². The molecular formula is C30H36Cl2SiZr-2. The maximum absolute atomic E-state index is 5.62. The molecule has 0 nitrogen and oxygen atoms in total. The van der Waals surface area contributed by atoms with Gasteiger partial charge < -0.3 is 0 Å². The summed E-state index contributed by atoms with van der Waals surface area (Å²) in [6.45, 7) is 17.2. The fraction of sp³-hybridized carbons (Fsp3) is 0.267. The van der Waals surface area contributed by atoms with Crippen LogP contribution in [0.2, 0.25) is 13.1 Å². The Morgan fingerprint density at radius 1 is 0.588 bits per heavy atom. The van der Waals surface area contributed by atoms with Gasteiger partial charge in [0.15, 0.2) is 0 Å². The summed E-state index contributed by atoms with van der Waals surface area (Å²) >= 11 is -1.65. The van der Waals surface area contributed by atoms with E-state index >= 15 is 0 Å². The SMILES string of the molecule is C[Si](C)=[Zr]([Cl])[Cl].Cc1ccc(-c2cc(C)[cH-]c2C)cc1.Cc1ccc(-c2cc(C)[cH-]c2C)cc1. The van der Waals surface area contributed by atoms with Crippen LogP contribution in [0.25, 0.3) is 22.3 Å². The summed E-state index contributed by atoms with van der Waals surface area (Å²) in [6.07, 6.45) is 0. The monoisotopic (exact) mass is 584 g/mol. The molecule has 0 unspecified atom stereocenters. The molecule has 0 aliphatic heterocycles. The van der Waals surface area contributed by atoms with Crippen LogP contribution in [0, 0.1) is 41.5 Å². The normalized spacial score (nSPS) is 10.1. The first kappa shape index (κ1) is 29.1. The fourth-order valence-corrected chi connectivity index (χ4v) is 3.69. The molecule has 0 saturated carbocycles. The molecule has 4 rings (SSSR count). The molecule has 4 aromatic carbocycles. The van der Waals surface area contributed by atoms with E-state index < -0.39 is 18.0 Å². The largest absolute Gasteiger partial charge is 0.203 e. The van der Waals surface area contributed by atoms with Gasteiger partial charge >= 0.3 is 53.5 Å². The topological polar surface area (TPSA) is 0 Å².